The molecule has 2 aromatic rings. The Morgan fingerprint density at radius 3 is 2.67 bits per heavy atom. The van der Waals surface area contributed by atoms with Gasteiger partial charge in [0.2, 0.25) is 0 Å². The quantitative estimate of drug-likeness (QED) is 0.886. The topological polar surface area (TPSA) is 57.2 Å². The van der Waals surface area contributed by atoms with Crippen LogP contribution in [0.25, 0.3) is 11.3 Å². The molecular weight excluding hydrogens is 264 g/mol. The summed E-state index contributed by atoms with van der Waals surface area (Å²) < 4.78 is 7.39. The van der Waals surface area contributed by atoms with Crippen LogP contribution in [0.2, 0.25) is 0 Å². The molecule has 2 N–H and O–H groups in total. The fraction of sp³-hybridized carbons (Fsp3) is 0.353. The van der Waals surface area contributed by atoms with Crippen molar-refractivity contribution in [2.75, 3.05) is 12.3 Å². The highest BCUT2D eigenvalue weighted by Gasteiger charge is 2.09. The highest BCUT2D eigenvalue weighted by atomic mass is 16.5. The number of hydrogen-bond acceptors (Lipinski definition) is 3. The molecule has 21 heavy (non-hydrogen) atoms. The summed E-state index contributed by atoms with van der Waals surface area (Å²) in [5.41, 5.74) is 7.73. The molecule has 4 nitrogen and oxygen atoms in total. The van der Waals surface area contributed by atoms with Crippen molar-refractivity contribution in [1.29, 1.82) is 0 Å². The number of nitrogen functional groups attached to an aromatic ring is 1. The van der Waals surface area contributed by atoms with E-state index in [9.17, 15) is 4.79 Å². The van der Waals surface area contributed by atoms with Crippen molar-refractivity contribution in [2.24, 2.45) is 0 Å². The average molecular weight is 286 g/mol. The Labute approximate surface area is 125 Å². The minimum Gasteiger partial charge on any atom is -0.494 e. The summed E-state index contributed by atoms with van der Waals surface area (Å²) in [4.78, 5) is 12.2. The van der Waals surface area contributed by atoms with E-state index in [4.69, 9.17) is 10.5 Å². The van der Waals surface area contributed by atoms with Gasteiger partial charge in [0.15, 0.2) is 0 Å². The third-order valence-electron chi connectivity index (χ3n) is 3.25. The third-order valence-corrected chi connectivity index (χ3v) is 3.25. The maximum Gasteiger partial charge on any atom is 0.274 e. The van der Waals surface area contributed by atoms with Crippen LogP contribution in [0.1, 0.15) is 26.7 Å². The highest BCUT2D eigenvalue weighted by Crippen LogP contribution is 2.24. The van der Waals surface area contributed by atoms with Crippen LogP contribution in [0.15, 0.2) is 41.2 Å². The molecule has 112 valence electrons. The molecule has 4 heteroatoms. The Morgan fingerprint density at radius 2 is 1.95 bits per heavy atom. The summed E-state index contributed by atoms with van der Waals surface area (Å²) in [6, 6.07) is 11.4. The first-order chi connectivity index (χ1) is 10.2. The van der Waals surface area contributed by atoms with Crippen LogP contribution in [0.3, 0.4) is 0 Å². The summed E-state index contributed by atoms with van der Waals surface area (Å²) in [6.45, 7) is 5.45. The molecule has 0 aliphatic heterocycles. The van der Waals surface area contributed by atoms with E-state index < -0.39 is 0 Å². The van der Waals surface area contributed by atoms with E-state index in [1.807, 2.05) is 37.3 Å². The molecule has 0 unspecified atom stereocenters. The van der Waals surface area contributed by atoms with Gasteiger partial charge in [-0.15, -0.1) is 0 Å². The van der Waals surface area contributed by atoms with Gasteiger partial charge in [0.25, 0.3) is 5.56 Å². The SMILES string of the molecule is CCCOc1cccc(-c2ccc(N)c(=O)n2CCC)c1. The molecule has 0 aliphatic rings. The Balaban J connectivity index is 2.46. The van der Waals surface area contributed by atoms with Gasteiger partial charge >= 0.3 is 0 Å². The summed E-state index contributed by atoms with van der Waals surface area (Å²) in [5.74, 6) is 0.821. The van der Waals surface area contributed by atoms with Crippen LogP contribution < -0.4 is 16.0 Å². The second-order valence-corrected chi connectivity index (χ2v) is 5.01. The van der Waals surface area contributed by atoms with Gasteiger partial charge in [0.05, 0.1) is 18.0 Å². The normalized spacial score (nSPS) is 10.6. The lowest BCUT2D eigenvalue weighted by Gasteiger charge is -2.14. The van der Waals surface area contributed by atoms with Crippen molar-refractivity contribution in [2.45, 2.75) is 33.2 Å². The number of hydrogen-bond donors (Lipinski definition) is 1. The second kappa shape index (κ2) is 6.97. The lowest BCUT2D eigenvalue weighted by molar-refractivity contribution is 0.317. The third kappa shape index (κ3) is 3.45. The zero-order valence-corrected chi connectivity index (χ0v) is 12.6. The minimum atomic E-state index is -0.130. The zero-order chi connectivity index (χ0) is 15.2. The predicted molar refractivity (Wildman–Crippen MR) is 86.6 cm³/mol. The maximum atomic E-state index is 12.2. The fourth-order valence-electron chi connectivity index (χ4n) is 2.26. The van der Waals surface area contributed by atoms with E-state index >= 15 is 0 Å². The minimum absolute atomic E-state index is 0.130. The highest BCUT2D eigenvalue weighted by molar-refractivity contribution is 5.63. The van der Waals surface area contributed by atoms with Crippen LogP contribution in [0.5, 0.6) is 5.75 Å². The summed E-state index contributed by atoms with van der Waals surface area (Å²) in [6.07, 6.45) is 1.84. The average Bonchev–Trinajstić information content (AvgIpc) is 2.50. The molecule has 0 amide bonds. The number of benzene rings is 1. The van der Waals surface area contributed by atoms with Crippen LogP contribution in [0, 0.1) is 0 Å². The number of anilines is 1. The van der Waals surface area contributed by atoms with Gasteiger partial charge in [-0.2, -0.15) is 0 Å². The van der Waals surface area contributed by atoms with E-state index in [1.165, 1.54) is 0 Å². The lowest BCUT2D eigenvalue weighted by atomic mass is 10.1. The number of rotatable bonds is 6. The Hall–Kier alpha value is -2.23. The summed E-state index contributed by atoms with van der Waals surface area (Å²) in [5, 5.41) is 0. The Bertz CT molecular complexity index is 662. The number of aromatic nitrogens is 1. The Kier molecular flexibility index (Phi) is 5.04. The van der Waals surface area contributed by atoms with Gasteiger partial charge in [-0.3, -0.25) is 4.79 Å². The molecule has 0 bridgehead atoms. The van der Waals surface area contributed by atoms with Gasteiger partial charge in [-0.25, -0.2) is 0 Å². The van der Waals surface area contributed by atoms with Crippen LogP contribution in [-0.4, -0.2) is 11.2 Å². The molecule has 0 saturated heterocycles. The first kappa shape index (κ1) is 15.2. The zero-order valence-electron chi connectivity index (χ0n) is 12.6. The number of ether oxygens (including phenoxy) is 1. The molecular formula is C17H22N2O2. The molecule has 1 aromatic carbocycles. The second-order valence-electron chi connectivity index (χ2n) is 5.01. The monoisotopic (exact) mass is 286 g/mol. The molecule has 0 saturated carbocycles. The summed E-state index contributed by atoms with van der Waals surface area (Å²) >= 11 is 0. The van der Waals surface area contributed by atoms with Crippen LogP contribution >= 0.6 is 0 Å². The molecule has 0 fully saturated rings. The van der Waals surface area contributed by atoms with Crippen molar-refractivity contribution in [3.8, 4) is 17.0 Å². The number of pyridine rings is 1. The number of nitrogens with two attached hydrogens (primary N) is 1. The van der Waals surface area contributed by atoms with E-state index in [1.54, 1.807) is 10.6 Å². The molecule has 1 heterocycles. The van der Waals surface area contributed by atoms with Gasteiger partial charge in [-0.1, -0.05) is 26.0 Å². The molecule has 0 atom stereocenters. The van der Waals surface area contributed by atoms with Gasteiger partial charge in [-0.05, 0) is 37.1 Å². The van der Waals surface area contributed by atoms with Gasteiger partial charge in [0, 0.05) is 12.1 Å². The molecule has 0 radical (unpaired) electrons. The van der Waals surface area contributed by atoms with Crippen molar-refractivity contribution in [3.05, 3.63) is 46.8 Å². The largest absolute Gasteiger partial charge is 0.494 e. The Morgan fingerprint density at radius 1 is 1.14 bits per heavy atom. The van der Waals surface area contributed by atoms with E-state index in [0.717, 1.165) is 29.8 Å². The maximum absolute atomic E-state index is 12.2. The van der Waals surface area contributed by atoms with Gasteiger partial charge in [0.1, 0.15) is 5.75 Å². The van der Waals surface area contributed by atoms with Crippen molar-refractivity contribution in [1.82, 2.24) is 4.57 Å². The first-order valence-corrected chi connectivity index (χ1v) is 7.40. The van der Waals surface area contributed by atoms with Crippen LogP contribution in [-0.2, 0) is 6.54 Å². The molecule has 0 aliphatic carbocycles. The summed E-state index contributed by atoms with van der Waals surface area (Å²) in [7, 11) is 0. The van der Waals surface area contributed by atoms with Gasteiger partial charge < -0.3 is 15.0 Å². The van der Waals surface area contributed by atoms with Crippen LogP contribution in [0.4, 0.5) is 5.69 Å². The smallest absolute Gasteiger partial charge is 0.274 e. The molecule has 1 aromatic heterocycles. The number of nitrogens with zero attached hydrogens (tertiary/aromatic N) is 1. The standard InChI is InChI=1S/C17H22N2O2/c1-3-10-19-16(9-8-15(18)17(19)20)13-6-5-7-14(12-13)21-11-4-2/h5-9,12H,3-4,10-11,18H2,1-2H3. The van der Waals surface area contributed by atoms with Crippen molar-refractivity contribution >= 4 is 5.69 Å². The van der Waals surface area contributed by atoms with E-state index in [-0.39, 0.29) is 11.2 Å². The predicted octanol–water partition coefficient (Wildman–Crippen LogP) is 3.30. The van der Waals surface area contributed by atoms with E-state index in [2.05, 4.69) is 6.92 Å². The fourth-order valence-corrected chi connectivity index (χ4v) is 2.26. The lowest BCUT2D eigenvalue weighted by Crippen LogP contribution is -2.24. The first-order valence-electron chi connectivity index (χ1n) is 7.40. The van der Waals surface area contributed by atoms with Crippen molar-refractivity contribution in [3.63, 3.8) is 0 Å². The molecule has 0 spiro atoms. The molecule has 2 rings (SSSR count). The van der Waals surface area contributed by atoms with Crippen molar-refractivity contribution < 1.29 is 4.74 Å². The van der Waals surface area contributed by atoms with E-state index in [0.29, 0.717) is 13.2 Å².